The molecule has 0 radical (unpaired) electrons. The summed E-state index contributed by atoms with van der Waals surface area (Å²) in [6.45, 7) is 9.39. The lowest BCUT2D eigenvalue weighted by Crippen LogP contribution is -2.58. The number of fused-ring (bicyclic) bond motifs is 3. The first-order valence-corrected chi connectivity index (χ1v) is 9.48. The van der Waals surface area contributed by atoms with E-state index in [0.717, 1.165) is 25.7 Å². The Morgan fingerprint density at radius 2 is 1.82 bits per heavy atom. The summed E-state index contributed by atoms with van der Waals surface area (Å²) in [6.07, 6.45) is 10.5. The normalized spacial score (nSPS) is 47.4. The van der Waals surface area contributed by atoms with Crippen molar-refractivity contribution in [1.29, 1.82) is 0 Å². The molecule has 5 atom stereocenters. The molecule has 2 nitrogen and oxygen atoms in total. The number of carboxylic acid groups (broad SMARTS) is 1. The van der Waals surface area contributed by atoms with Gasteiger partial charge in [0, 0.05) is 0 Å². The van der Waals surface area contributed by atoms with Crippen molar-refractivity contribution in [1.82, 2.24) is 0 Å². The quantitative estimate of drug-likeness (QED) is 0.730. The molecular weight excluding hydrogens is 272 g/mol. The minimum absolute atomic E-state index is 0.202. The highest BCUT2D eigenvalue weighted by atomic mass is 16.4. The zero-order chi connectivity index (χ0) is 16.2. The van der Waals surface area contributed by atoms with Gasteiger partial charge in [-0.25, -0.2) is 0 Å². The van der Waals surface area contributed by atoms with Crippen molar-refractivity contribution in [2.75, 3.05) is 0 Å². The Kier molecular flexibility index (Phi) is 3.89. The van der Waals surface area contributed by atoms with E-state index in [2.05, 4.69) is 27.7 Å². The van der Waals surface area contributed by atoms with Crippen molar-refractivity contribution in [3.63, 3.8) is 0 Å². The molecule has 0 aromatic carbocycles. The summed E-state index contributed by atoms with van der Waals surface area (Å²) in [7, 11) is 0. The van der Waals surface area contributed by atoms with Gasteiger partial charge in [0.05, 0.1) is 5.41 Å². The average molecular weight is 306 g/mol. The fourth-order valence-corrected chi connectivity index (χ4v) is 6.69. The minimum atomic E-state index is -0.472. The van der Waals surface area contributed by atoms with Gasteiger partial charge < -0.3 is 5.11 Å². The molecule has 0 aromatic rings. The van der Waals surface area contributed by atoms with E-state index in [9.17, 15) is 9.90 Å². The van der Waals surface area contributed by atoms with Gasteiger partial charge in [0.15, 0.2) is 0 Å². The highest BCUT2D eigenvalue weighted by molar-refractivity contribution is 5.76. The maximum absolute atomic E-state index is 12.5. The van der Waals surface area contributed by atoms with Gasteiger partial charge >= 0.3 is 5.97 Å². The topological polar surface area (TPSA) is 37.3 Å². The third kappa shape index (κ3) is 2.24. The molecule has 0 heterocycles. The maximum atomic E-state index is 12.5. The van der Waals surface area contributed by atoms with Gasteiger partial charge in [0.2, 0.25) is 0 Å². The van der Waals surface area contributed by atoms with Crippen LogP contribution >= 0.6 is 0 Å². The fourth-order valence-electron chi connectivity index (χ4n) is 6.69. The lowest BCUT2D eigenvalue weighted by molar-refractivity contribution is -0.186. The largest absolute Gasteiger partial charge is 0.481 e. The van der Waals surface area contributed by atoms with Crippen molar-refractivity contribution >= 4 is 5.97 Å². The minimum Gasteiger partial charge on any atom is -0.481 e. The van der Waals surface area contributed by atoms with E-state index in [1.54, 1.807) is 0 Å². The van der Waals surface area contributed by atoms with Crippen molar-refractivity contribution in [2.45, 2.75) is 85.5 Å². The second-order valence-electron chi connectivity index (χ2n) is 9.59. The van der Waals surface area contributed by atoms with Gasteiger partial charge in [-0.15, -0.1) is 0 Å². The first-order valence-electron chi connectivity index (χ1n) is 9.48. The van der Waals surface area contributed by atoms with Crippen LogP contribution in [0.4, 0.5) is 0 Å². The molecule has 0 aromatic heterocycles. The molecule has 3 rings (SSSR count). The zero-order valence-corrected chi connectivity index (χ0v) is 15.0. The Morgan fingerprint density at radius 3 is 2.45 bits per heavy atom. The second-order valence-corrected chi connectivity index (χ2v) is 9.59. The van der Waals surface area contributed by atoms with Gasteiger partial charge in [-0.3, -0.25) is 4.79 Å². The van der Waals surface area contributed by atoms with E-state index in [1.165, 1.54) is 32.1 Å². The van der Waals surface area contributed by atoms with Gasteiger partial charge in [-0.05, 0) is 73.5 Å². The highest BCUT2D eigenvalue weighted by Crippen LogP contribution is 2.65. The van der Waals surface area contributed by atoms with Crippen LogP contribution in [0.15, 0.2) is 0 Å². The molecule has 3 aliphatic carbocycles. The maximum Gasteiger partial charge on any atom is 0.310 e. The Hall–Kier alpha value is -0.530. The number of rotatable bonds is 2. The zero-order valence-electron chi connectivity index (χ0n) is 15.0. The second kappa shape index (κ2) is 5.24. The van der Waals surface area contributed by atoms with Crippen LogP contribution in [-0.4, -0.2) is 11.1 Å². The number of hydrogen-bond donors (Lipinski definition) is 1. The Bertz CT molecular complexity index is 455. The molecule has 0 aliphatic heterocycles. The van der Waals surface area contributed by atoms with E-state index in [0.29, 0.717) is 23.2 Å². The third-order valence-corrected chi connectivity index (χ3v) is 8.10. The first kappa shape index (κ1) is 16.3. The molecule has 4 unspecified atom stereocenters. The monoisotopic (exact) mass is 306 g/mol. The summed E-state index contributed by atoms with van der Waals surface area (Å²) in [6, 6.07) is 0. The summed E-state index contributed by atoms with van der Waals surface area (Å²) in [5.74, 6) is 1.00. The highest BCUT2D eigenvalue weighted by Gasteiger charge is 2.62. The molecule has 126 valence electrons. The number of carboxylic acids is 1. The van der Waals surface area contributed by atoms with Gasteiger partial charge in [-0.1, -0.05) is 40.5 Å². The van der Waals surface area contributed by atoms with Crippen LogP contribution < -0.4 is 0 Å². The summed E-state index contributed by atoms with van der Waals surface area (Å²) in [4.78, 5) is 12.5. The molecule has 0 bridgehead atoms. The predicted octanol–water partition coefficient (Wildman–Crippen LogP) is 5.51. The summed E-state index contributed by atoms with van der Waals surface area (Å²) in [5, 5.41) is 10.3. The summed E-state index contributed by atoms with van der Waals surface area (Å²) >= 11 is 0. The van der Waals surface area contributed by atoms with Crippen LogP contribution in [0.5, 0.6) is 0 Å². The van der Waals surface area contributed by atoms with Crippen LogP contribution in [0.3, 0.4) is 0 Å². The molecule has 0 spiro atoms. The molecular formula is C20H34O2. The molecule has 22 heavy (non-hydrogen) atoms. The molecule has 3 fully saturated rings. The van der Waals surface area contributed by atoms with Crippen LogP contribution in [0.1, 0.15) is 85.5 Å². The van der Waals surface area contributed by atoms with E-state index < -0.39 is 11.4 Å². The van der Waals surface area contributed by atoms with E-state index in [-0.39, 0.29) is 5.41 Å². The number of aliphatic carboxylic acids is 1. The van der Waals surface area contributed by atoms with Crippen LogP contribution in [-0.2, 0) is 4.79 Å². The van der Waals surface area contributed by atoms with Crippen molar-refractivity contribution < 1.29 is 9.90 Å². The van der Waals surface area contributed by atoms with Crippen LogP contribution in [0.25, 0.3) is 0 Å². The molecule has 3 aliphatic rings. The van der Waals surface area contributed by atoms with E-state index in [1.807, 2.05) is 0 Å². The van der Waals surface area contributed by atoms with Gasteiger partial charge in [0.1, 0.15) is 0 Å². The Morgan fingerprint density at radius 1 is 1.09 bits per heavy atom. The molecule has 0 saturated heterocycles. The van der Waals surface area contributed by atoms with Crippen molar-refractivity contribution in [3.05, 3.63) is 0 Å². The molecule has 2 heteroatoms. The average Bonchev–Trinajstić information content (AvgIpc) is 2.45. The van der Waals surface area contributed by atoms with Crippen LogP contribution in [0.2, 0.25) is 0 Å². The number of hydrogen-bond acceptors (Lipinski definition) is 1. The molecule has 0 amide bonds. The lowest BCUT2D eigenvalue weighted by atomic mass is 9.42. The van der Waals surface area contributed by atoms with Crippen molar-refractivity contribution in [2.24, 2.45) is 34.0 Å². The Balaban J connectivity index is 1.96. The predicted molar refractivity (Wildman–Crippen MR) is 89.7 cm³/mol. The number of carbonyl (C=O) groups is 1. The Labute approximate surface area is 136 Å². The fraction of sp³-hybridized carbons (Fsp3) is 0.950. The first-order chi connectivity index (χ1) is 10.3. The van der Waals surface area contributed by atoms with E-state index >= 15 is 0 Å². The van der Waals surface area contributed by atoms with Crippen LogP contribution in [0, 0.1) is 34.0 Å². The molecule has 3 saturated carbocycles. The van der Waals surface area contributed by atoms with Crippen molar-refractivity contribution in [3.8, 4) is 0 Å². The molecule has 1 N–H and O–H groups in total. The van der Waals surface area contributed by atoms with Gasteiger partial charge in [-0.2, -0.15) is 0 Å². The third-order valence-electron chi connectivity index (χ3n) is 8.10. The lowest BCUT2D eigenvalue weighted by Gasteiger charge is -2.61. The van der Waals surface area contributed by atoms with Gasteiger partial charge in [0.25, 0.3) is 0 Å². The smallest absolute Gasteiger partial charge is 0.310 e. The standard InChI is InChI=1S/C20H34O2/c1-5-19(4)12-9-15-14(13-19)7-8-16-18(2,3)10-6-11-20(15,16)17(21)22/h14-16H,5-13H2,1-4H3,(H,21,22)/t14?,15?,16?,19-,20?/m0/s1. The summed E-state index contributed by atoms with van der Waals surface area (Å²) in [5.41, 5.74) is 0.241. The van der Waals surface area contributed by atoms with E-state index in [4.69, 9.17) is 0 Å². The summed E-state index contributed by atoms with van der Waals surface area (Å²) < 4.78 is 0. The SMILES string of the molecule is CC[C@@]1(C)CCC2C(CCC3C(C)(C)CCCC23C(=O)O)C1.